The van der Waals surface area contributed by atoms with Crippen molar-refractivity contribution < 1.29 is 0 Å². The van der Waals surface area contributed by atoms with Crippen LogP contribution in [0, 0.1) is 0 Å². The maximum Gasteiger partial charge on any atom is 0.0235 e. The van der Waals surface area contributed by atoms with E-state index < -0.39 is 0 Å². The fourth-order valence-electron chi connectivity index (χ4n) is 2.43. The van der Waals surface area contributed by atoms with Crippen molar-refractivity contribution in [1.82, 2.24) is 9.80 Å². The maximum atomic E-state index is 5.69. The lowest BCUT2D eigenvalue weighted by Crippen LogP contribution is -2.40. The Morgan fingerprint density at radius 2 is 2.07 bits per heavy atom. The lowest BCUT2D eigenvalue weighted by molar-refractivity contribution is 0.204. The van der Waals surface area contributed by atoms with E-state index >= 15 is 0 Å². The van der Waals surface area contributed by atoms with Crippen molar-refractivity contribution in [1.29, 1.82) is 0 Å². The number of likely N-dealkylation sites (N-methyl/N-ethyl adjacent to an activating group) is 1. The molecule has 2 aliphatic rings. The van der Waals surface area contributed by atoms with Crippen molar-refractivity contribution in [2.45, 2.75) is 44.3 Å². The van der Waals surface area contributed by atoms with E-state index in [0.29, 0.717) is 6.04 Å². The molecule has 0 spiro atoms. The summed E-state index contributed by atoms with van der Waals surface area (Å²) in [4.78, 5) is 5.12. The third kappa shape index (κ3) is 2.10. The topological polar surface area (TPSA) is 32.5 Å². The first-order valence-electron chi connectivity index (χ1n) is 5.88. The molecule has 0 aromatic carbocycles. The molecule has 0 amide bonds. The van der Waals surface area contributed by atoms with Gasteiger partial charge in [-0.05, 0) is 33.2 Å². The summed E-state index contributed by atoms with van der Waals surface area (Å²) in [7, 11) is 2.29. The molecule has 0 aromatic rings. The summed E-state index contributed by atoms with van der Waals surface area (Å²) in [5.41, 5.74) is 5.69. The number of likely N-dealkylation sites (tertiary alicyclic amines) is 1. The molecule has 0 aromatic heterocycles. The van der Waals surface area contributed by atoms with Gasteiger partial charge in [-0.1, -0.05) is 0 Å². The smallest absolute Gasteiger partial charge is 0.0235 e. The summed E-state index contributed by atoms with van der Waals surface area (Å²) < 4.78 is 0. The highest BCUT2D eigenvalue weighted by Crippen LogP contribution is 2.30. The zero-order chi connectivity index (χ0) is 10.1. The van der Waals surface area contributed by atoms with E-state index in [1.807, 2.05) is 0 Å². The summed E-state index contributed by atoms with van der Waals surface area (Å²) in [5.74, 6) is 0. The molecule has 0 bridgehead atoms. The van der Waals surface area contributed by atoms with Gasteiger partial charge in [0.05, 0.1) is 0 Å². The van der Waals surface area contributed by atoms with Crippen molar-refractivity contribution >= 4 is 0 Å². The Balaban J connectivity index is 1.81. The minimum absolute atomic E-state index is 0.563. The van der Waals surface area contributed by atoms with Crippen LogP contribution >= 0.6 is 0 Å². The van der Waals surface area contributed by atoms with E-state index in [0.717, 1.165) is 18.6 Å². The third-order valence-corrected chi connectivity index (χ3v) is 3.86. The number of hydrogen-bond acceptors (Lipinski definition) is 3. The molecule has 2 fully saturated rings. The zero-order valence-electron chi connectivity index (χ0n) is 9.45. The molecule has 2 N–H and O–H groups in total. The minimum Gasteiger partial charge on any atom is -0.329 e. The highest BCUT2D eigenvalue weighted by Gasteiger charge is 2.35. The van der Waals surface area contributed by atoms with Gasteiger partial charge in [0.15, 0.2) is 0 Å². The first kappa shape index (κ1) is 10.4. The predicted molar refractivity (Wildman–Crippen MR) is 59.3 cm³/mol. The average molecular weight is 197 g/mol. The molecule has 14 heavy (non-hydrogen) atoms. The fraction of sp³-hybridized carbons (Fsp3) is 1.00. The average Bonchev–Trinajstić information content (AvgIpc) is 2.93. The molecule has 2 atom stereocenters. The van der Waals surface area contributed by atoms with Gasteiger partial charge < -0.3 is 5.73 Å². The number of rotatable bonds is 4. The minimum atomic E-state index is 0.563. The number of nitrogens with two attached hydrogens (primary N) is 1. The van der Waals surface area contributed by atoms with Crippen LogP contribution < -0.4 is 5.73 Å². The first-order valence-corrected chi connectivity index (χ1v) is 5.88. The van der Waals surface area contributed by atoms with Crippen LogP contribution in [0.4, 0.5) is 0 Å². The second-order valence-electron chi connectivity index (χ2n) is 4.92. The summed E-state index contributed by atoms with van der Waals surface area (Å²) in [5, 5.41) is 0. The van der Waals surface area contributed by atoms with Crippen molar-refractivity contribution in [3.05, 3.63) is 0 Å². The summed E-state index contributed by atoms with van der Waals surface area (Å²) in [6.07, 6.45) is 4.16. The van der Waals surface area contributed by atoms with E-state index in [1.165, 1.54) is 32.4 Å². The Bertz CT molecular complexity index is 191. The molecule has 3 heteroatoms. The fourth-order valence-corrected chi connectivity index (χ4v) is 2.43. The second-order valence-corrected chi connectivity index (χ2v) is 4.92. The van der Waals surface area contributed by atoms with Gasteiger partial charge in [0.25, 0.3) is 0 Å². The summed E-state index contributed by atoms with van der Waals surface area (Å²) in [6.45, 7) is 5.49. The van der Waals surface area contributed by atoms with E-state index in [9.17, 15) is 0 Å². The van der Waals surface area contributed by atoms with Gasteiger partial charge in [0, 0.05) is 37.8 Å². The van der Waals surface area contributed by atoms with E-state index in [1.54, 1.807) is 0 Å². The van der Waals surface area contributed by atoms with Crippen LogP contribution in [-0.4, -0.2) is 54.6 Å². The normalized spacial score (nSPS) is 31.3. The Labute approximate surface area is 87.2 Å². The van der Waals surface area contributed by atoms with Crippen LogP contribution in [0.3, 0.4) is 0 Å². The van der Waals surface area contributed by atoms with Crippen molar-refractivity contribution in [2.75, 3.05) is 26.7 Å². The van der Waals surface area contributed by atoms with Crippen LogP contribution in [0.1, 0.15) is 26.2 Å². The molecule has 1 saturated carbocycles. The Hall–Kier alpha value is -0.120. The molecule has 0 radical (unpaired) electrons. The van der Waals surface area contributed by atoms with Crippen LogP contribution in [-0.2, 0) is 0 Å². The SMILES string of the molecule is CC(CN)N1CCC(N(C)C2CC2)C1. The van der Waals surface area contributed by atoms with Gasteiger partial charge in [0.2, 0.25) is 0 Å². The number of hydrogen-bond donors (Lipinski definition) is 1. The Morgan fingerprint density at radius 1 is 1.36 bits per heavy atom. The Morgan fingerprint density at radius 3 is 2.64 bits per heavy atom. The quantitative estimate of drug-likeness (QED) is 0.712. The maximum absolute atomic E-state index is 5.69. The molecule has 2 unspecified atom stereocenters. The van der Waals surface area contributed by atoms with E-state index in [2.05, 4.69) is 23.8 Å². The Kier molecular flexibility index (Phi) is 3.10. The van der Waals surface area contributed by atoms with Gasteiger partial charge in [-0.25, -0.2) is 0 Å². The van der Waals surface area contributed by atoms with Crippen molar-refractivity contribution in [3.8, 4) is 0 Å². The summed E-state index contributed by atoms with van der Waals surface area (Å²) >= 11 is 0. The van der Waals surface area contributed by atoms with Crippen LogP contribution in [0.25, 0.3) is 0 Å². The third-order valence-electron chi connectivity index (χ3n) is 3.86. The monoisotopic (exact) mass is 197 g/mol. The number of nitrogens with zero attached hydrogens (tertiary/aromatic N) is 2. The van der Waals surface area contributed by atoms with Gasteiger partial charge in [-0.3, -0.25) is 9.80 Å². The van der Waals surface area contributed by atoms with Gasteiger partial charge in [0.1, 0.15) is 0 Å². The lowest BCUT2D eigenvalue weighted by Gasteiger charge is -2.26. The predicted octanol–water partition coefficient (Wildman–Crippen LogP) is 0.502. The molecule has 2 rings (SSSR count). The molecular weight excluding hydrogens is 174 g/mol. The molecule has 1 aliphatic heterocycles. The van der Waals surface area contributed by atoms with Crippen molar-refractivity contribution in [2.24, 2.45) is 5.73 Å². The van der Waals surface area contributed by atoms with Crippen LogP contribution in [0.2, 0.25) is 0 Å². The highest BCUT2D eigenvalue weighted by molar-refractivity contribution is 4.92. The molecule has 1 aliphatic carbocycles. The second kappa shape index (κ2) is 4.17. The van der Waals surface area contributed by atoms with E-state index in [4.69, 9.17) is 5.73 Å². The molecule has 3 nitrogen and oxygen atoms in total. The lowest BCUT2D eigenvalue weighted by atomic mass is 10.2. The van der Waals surface area contributed by atoms with Crippen molar-refractivity contribution in [3.63, 3.8) is 0 Å². The molecule has 1 saturated heterocycles. The van der Waals surface area contributed by atoms with Gasteiger partial charge in [-0.15, -0.1) is 0 Å². The highest BCUT2D eigenvalue weighted by atomic mass is 15.3. The van der Waals surface area contributed by atoms with Gasteiger partial charge in [-0.2, -0.15) is 0 Å². The van der Waals surface area contributed by atoms with Crippen LogP contribution in [0.5, 0.6) is 0 Å². The molecule has 1 heterocycles. The molecule has 82 valence electrons. The largest absolute Gasteiger partial charge is 0.329 e. The summed E-state index contributed by atoms with van der Waals surface area (Å²) in [6, 6.07) is 2.25. The standard InChI is InChI=1S/C11H23N3/c1-9(7-12)14-6-5-11(8-14)13(2)10-3-4-10/h9-11H,3-8,12H2,1-2H3. The zero-order valence-corrected chi connectivity index (χ0v) is 9.45. The van der Waals surface area contributed by atoms with E-state index in [-0.39, 0.29) is 0 Å². The van der Waals surface area contributed by atoms with Gasteiger partial charge >= 0.3 is 0 Å². The first-order chi connectivity index (χ1) is 6.72. The molecular formula is C11H23N3. The van der Waals surface area contributed by atoms with Crippen LogP contribution in [0.15, 0.2) is 0 Å².